The fourth-order valence-corrected chi connectivity index (χ4v) is 2.10. The summed E-state index contributed by atoms with van der Waals surface area (Å²) in [6.07, 6.45) is 2.14. The monoisotopic (exact) mass is 271 g/mol. The van der Waals surface area contributed by atoms with E-state index in [2.05, 4.69) is 10.3 Å². The molecule has 0 bridgehead atoms. The number of nitro groups is 1. The summed E-state index contributed by atoms with van der Waals surface area (Å²) in [4.78, 5) is 14.2. The van der Waals surface area contributed by atoms with Gasteiger partial charge in [0.25, 0.3) is 5.69 Å². The SMILES string of the molecule is O=[N+]([O-])c1cc(Cl)nc(NCC2CCCOC2)c1. The van der Waals surface area contributed by atoms with Gasteiger partial charge in [-0.05, 0) is 18.8 Å². The van der Waals surface area contributed by atoms with Crippen LogP contribution in [0.1, 0.15) is 12.8 Å². The summed E-state index contributed by atoms with van der Waals surface area (Å²) in [6.45, 7) is 2.22. The molecule has 0 radical (unpaired) electrons. The molecule has 1 unspecified atom stereocenters. The summed E-state index contributed by atoms with van der Waals surface area (Å²) in [6, 6.07) is 2.62. The van der Waals surface area contributed by atoms with E-state index in [0.717, 1.165) is 26.1 Å². The summed E-state index contributed by atoms with van der Waals surface area (Å²) >= 11 is 5.74. The maximum atomic E-state index is 10.7. The van der Waals surface area contributed by atoms with E-state index in [1.807, 2.05) is 0 Å². The van der Waals surface area contributed by atoms with Gasteiger partial charge in [0.1, 0.15) is 11.0 Å². The second-order valence-corrected chi connectivity index (χ2v) is 4.64. The molecule has 98 valence electrons. The Kier molecular flexibility index (Phi) is 4.33. The van der Waals surface area contributed by atoms with Crippen molar-refractivity contribution in [1.82, 2.24) is 4.98 Å². The van der Waals surface area contributed by atoms with Crippen molar-refractivity contribution < 1.29 is 9.66 Å². The lowest BCUT2D eigenvalue weighted by molar-refractivity contribution is -0.384. The van der Waals surface area contributed by atoms with Crippen LogP contribution in [0.2, 0.25) is 5.15 Å². The lowest BCUT2D eigenvalue weighted by atomic mass is 10.0. The third-order valence-electron chi connectivity index (χ3n) is 2.82. The van der Waals surface area contributed by atoms with Crippen LogP contribution < -0.4 is 5.32 Å². The second-order valence-electron chi connectivity index (χ2n) is 4.25. The Balaban J connectivity index is 1.97. The highest BCUT2D eigenvalue weighted by Crippen LogP contribution is 2.21. The van der Waals surface area contributed by atoms with Crippen molar-refractivity contribution in [3.8, 4) is 0 Å². The molecular weight excluding hydrogens is 258 g/mol. The molecule has 0 aromatic carbocycles. The first kappa shape index (κ1) is 13.0. The molecule has 0 saturated carbocycles. The topological polar surface area (TPSA) is 77.3 Å². The van der Waals surface area contributed by atoms with Gasteiger partial charge in [0.05, 0.1) is 23.7 Å². The minimum Gasteiger partial charge on any atom is -0.381 e. The minimum atomic E-state index is -0.484. The van der Waals surface area contributed by atoms with Crippen LogP contribution in [0.3, 0.4) is 0 Å². The van der Waals surface area contributed by atoms with Crippen LogP contribution in [0.5, 0.6) is 0 Å². The normalized spacial score (nSPS) is 19.5. The predicted molar refractivity (Wildman–Crippen MR) is 67.9 cm³/mol. The smallest absolute Gasteiger partial charge is 0.276 e. The molecule has 1 aliphatic heterocycles. The fourth-order valence-electron chi connectivity index (χ4n) is 1.90. The van der Waals surface area contributed by atoms with Gasteiger partial charge < -0.3 is 10.1 Å². The van der Waals surface area contributed by atoms with E-state index < -0.39 is 4.92 Å². The van der Waals surface area contributed by atoms with E-state index in [0.29, 0.717) is 18.3 Å². The van der Waals surface area contributed by atoms with Gasteiger partial charge in [-0.1, -0.05) is 11.6 Å². The largest absolute Gasteiger partial charge is 0.381 e. The number of ether oxygens (including phenoxy) is 1. The molecule has 0 amide bonds. The molecule has 2 heterocycles. The van der Waals surface area contributed by atoms with Gasteiger partial charge >= 0.3 is 0 Å². The predicted octanol–water partition coefficient (Wildman–Crippen LogP) is 2.48. The fraction of sp³-hybridized carbons (Fsp3) is 0.545. The molecule has 1 atom stereocenters. The first-order chi connectivity index (χ1) is 8.65. The summed E-state index contributed by atoms with van der Waals surface area (Å²) in [7, 11) is 0. The lowest BCUT2D eigenvalue weighted by Crippen LogP contribution is -2.24. The number of halogens is 1. The molecule has 1 aliphatic rings. The Bertz CT molecular complexity index is 436. The summed E-state index contributed by atoms with van der Waals surface area (Å²) in [5, 5.41) is 13.9. The number of pyridine rings is 1. The van der Waals surface area contributed by atoms with Gasteiger partial charge in [-0.2, -0.15) is 0 Å². The standard InChI is InChI=1S/C11H14ClN3O3/c12-10-4-9(15(16)17)5-11(14-10)13-6-8-2-1-3-18-7-8/h4-5,8H,1-3,6-7H2,(H,13,14). The molecule has 0 aliphatic carbocycles. The highest BCUT2D eigenvalue weighted by Gasteiger charge is 2.15. The molecule has 6 nitrogen and oxygen atoms in total. The number of anilines is 1. The number of rotatable bonds is 4. The average molecular weight is 272 g/mol. The first-order valence-electron chi connectivity index (χ1n) is 5.79. The van der Waals surface area contributed by atoms with Crippen LogP contribution in [-0.2, 0) is 4.74 Å². The van der Waals surface area contributed by atoms with Crippen molar-refractivity contribution in [2.75, 3.05) is 25.1 Å². The Hall–Kier alpha value is -1.40. The van der Waals surface area contributed by atoms with Gasteiger partial charge in [-0.3, -0.25) is 10.1 Å². The van der Waals surface area contributed by atoms with Crippen LogP contribution in [-0.4, -0.2) is 29.7 Å². The minimum absolute atomic E-state index is 0.0580. The van der Waals surface area contributed by atoms with Gasteiger partial charge in [-0.15, -0.1) is 0 Å². The first-order valence-corrected chi connectivity index (χ1v) is 6.16. The van der Waals surface area contributed by atoms with Gasteiger partial charge in [0, 0.05) is 13.2 Å². The zero-order valence-corrected chi connectivity index (χ0v) is 10.5. The van der Waals surface area contributed by atoms with E-state index in [1.54, 1.807) is 0 Å². The van der Waals surface area contributed by atoms with Crippen molar-refractivity contribution >= 4 is 23.1 Å². The highest BCUT2D eigenvalue weighted by molar-refractivity contribution is 6.29. The molecule has 1 saturated heterocycles. The van der Waals surface area contributed by atoms with E-state index in [9.17, 15) is 10.1 Å². The lowest BCUT2D eigenvalue weighted by Gasteiger charge is -2.22. The van der Waals surface area contributed by atoms with Crippen LogP contribution in [0.4, 0.5) is 11.5 Å². The van der Waals surface area contributed by atoms with E-state index in [-0.39, 0.29) is 10.8 Å². The Labute approximate surface area is 109 Å². The second kappa shape index (κ2) is 5.97. The summed E-state index contributed by atoms with van der Waals surface area (Å²) in [5.41, 5.74) is -0.0580. The maximum Gasteiger partial charge on any atom is 0.276 e. The van der Waals surface area contributed by atoms with Crippen molar-refractivity contribution in [2.45, 2.75) is 12.8 Å². The molecule has 7 heteroatoms. The van der Waals surface area contributed by atoms with Crippen LogP contribution in [0.15, 0.2) is 12.1 Å². The van der Waals surface area contributed by atoms with Crippen molar-refractivity contribution in [3.05, 3.63) is 27.4 Å². The Morgan fingerprint density at radius 1 is 1.61 bits per heavy atom. The number of nitrogens with zero attached hydrogens (tertiary/aromatic N) is 2. The summed E-state index contributed by atoms with van der Waals surface area (Å²) in [5.74, 6) is 0.846. The van der Waals surface area contributed by atoms with Gasteiger partial charge in [0.15, 0.2) is 0 Å². The summed E-state index contributed by atoms with van der Waals surface area (Å²) < 4.78 is 5.36. The van der Waals surface area contributed by atoms with Crippen molar-refractivity contribution in [2.24, 2.45) is 5.92 Å². The maximum absolute atomic E-state index is 10.7. The van der Waals surface area contributed by atoms with Gasteiger partial charge in [-0.25, -0.2) is 4.98 Å². The molecule has 18 heavy (non-hydrogen) atoms. The van der Waals surface area contributed by atoms with Crippen molar-refractivity contribution in [1.29, 1.82) is 0 Å². The molecule has 1 fully saturated rings. The van der Waals surface area contributed by atoms with Crippen LogP contribution in [0, 0.1) is 16.0 Å². The zero-order valence-electron chi connectivity index (χ0n) is 9.76. The van der Waals surface area contributed by atoms with Crippen LogP contribution >= 0.6 is 11.6 Å². The van der Waals surface area contributed by atoms with E-state index >= 15 is 0 Å². The van der Waals surface area contributed by atoms with E-state index in [4.69, 9.17) is 16.3 Å². The molecule has 1 aromatic heterocycles. The number of hydrogen-bond donors (Lipinski definition) is 1. The van der Waals surface area contributed by atoms with E-state index in [1.165, 1.54) is 12.1 Å². The average Bonchev–Trinajstić information content (AvgIpc) is 2.37. The third-order valence-corrected chi connectivity index (χ3v) is 3.01. The number of nitrogens with one attached hydrogen (secondary N) is 1. The molecule has 0 spiro atoms. The Morgan fingerprint density at radius 3 is 3.11 bits per heavy atom. The highest BCUT2D eigenvalue weighted by atomic mass is 35.5. The molecule has 1 aromatic rings. The number of hydrogen-bond acceptors (Lipinski definition) is 5. The van der Waals surface area contributed by atoms with Crippen LogP contribution in [0.25, 0.3) is 0 Å². The zero-order chi connectivity index (χ0) is 13.0. The number of aromatic nitrogens is 1. The van der Waals surface area contributed by atoms with Crippen molar-refractivity contribution in [3.63, 3.8) is 0 Å². The third kappa shape index (κ3) is 3.54. The molecular formula is C11H14ClN3O3. The Morgan fingerprint density at radius 2 is 2.44 bits per heavy atom. The van der Waals surface area contributed by atoms with Gasteiger partial charge in [0.2, 0.25) is 0 Å². The quantitative estimate of drug-likeness (QED) is 0.517. The molecule has 2 rings (SSSR count). The molecule has 1 N–H and O–H groups in total.